The number of halogens is 2. The molecule has 0 aliphatic rings. The Balaban J connectivity index is 2.54. The first-order chi connectivity index (χ1) is 7.15. The van der Waals surface area contributed by atoms with Crippen LogP contribution in [0.4, 0.5) is 4.39 Å². The molecule has 0 aliphatic carbocycles. The van der Waals surface area contributed by atoms with Crippen LogP contribution in [0.1, 0.15) is 0 Å². The molecule has 0 amide bonds. The lowest BCUT2D eigenvalue weighted by Gasteiger charge is -2.01. The molecule has 1 aromatic carbocycles. The van der Waals surface area contributed by atoms with Gasteiger partial charge in [0.2, 0.25) is 5.28 Å². The molecule has 76 valence electrons. The highest BCUT2D eigenvalue weighted by Crippen LogP contribution is 2.23. The van der Waals surface area contributed by atoms with Gasteiger partial charge in [0, 0.05) is 17.8 Å². The molecule has 1 N–H and O–H groups in total. The van der Waals surface area contributed by atoms with Crippen molar-refractivity contribution in [1.29, 1.82) is 0 Å². The molecule has 3 nitrogen and oxygen atoms in total. The molecule has 0 aliphatic heterocycles. The summed E-state index contributed by atoms with van der Waals surface area (Å²) < 4.78 is 13.0. The van der Waals surface area contributed by atoms with Crippen molar-refractivity contribution in [3.05, 3.63) is 41.6 Å². The summed E-state index contributed by atoms with van der Waals surface area (Å²) in [6, 6.07) is 5.27. The van der Waals surface area contributed by atoms with Crippen LogP contribution in [-0.4, -0.2) is 15.1 Å². The Hall–Kier alpha value is -1.68. The summed E-state index contributed by atoms with van der Waals surface area (Å²) in [6.07, 6.45) is 1.46. The van der Waals surface area contributed by atoms with Crippen molar-refractivity contribution in [1.82, 2.24) is 9.97 Å². The van der Waals surface area contributed by atoms with Gasteiger partial charge >= 0.3 is 0 Å². The summed E-state index contributed by atoms with van der Waals surface area (Å²) in [5.74, 6) is -0.681. The zero-order chi connectivity index (χ0) is 10.8. The Bertz CT molecular complexity index is 484. The van der Waals surface area contributed by atoms with Crippen molar-refractivity contribution in [3.63, 3.8) is 0 Å². The van der Waals surface area contributed by atoms with Gasteiger partial charge in [0.05, 0.1) is 5.69 Å². The fourth-order valence-electron chi connectivity index (χ4n) is 1.22. The number of phenolic OH excluding ortho intramolecular Hbond substituents is 1. The quantitative estimate of drug-likeness (QED) is 0.758. The Morgan fingerprint density at radius 3 is 2.73 bits per heavy atom. The van der Waals surface area contributed by atoms with Crippen LogP contribution in [-0.2, 0) is 0 Å². The summed E-state index contributed by atoms with van der Waals surface area (Å²) >= 11 is 5.60. The van der Waals surface area contributed by atoms with E-state index >= 15 is 0 Å². The van der Waals surface area contributed by atoms with E-state index in [2.05, 4.69) is 9.97 Å². The number of rotatable bonds is 1. The fourth-order valence-corrected chi connectivity index (χ4v) is 1.37. The number of aromatic hydroxyl groups is 1. The largest absolute Gasteiger partial charge is 0.508 e. The average Bonchev–Trinajstić information content (AvgIpc) is 2.16. The molecule has 15 heavy (non-hydrogen) atoms. The molecule has 0 bridgehead atoms. The molecule has 0 saturated carbocycles. The zero-order valence-electron chi connectivity index (χ0n) is 7.48. The minimum atomic E-state index is -0.528. The molecule has 0 atom stereocenters. The van der Waals surface area contributed by atoms with Gasteiger partial charge in [-0.1, -0.05) is 0 Å². The van der Waals surface area contributed by atoms with E-state index in [9.17, 15) is 9.50 Å². The first kappa shape index (κ1) is 9.86. The van der Waals surface area contributed by atoms with Gasteiger partial charge in [-0.05, 0) is 29.8 Å². The Morgan fingerprint density at radius 1 is 1.27 bits per heavy atom. The molecule has 2 rings (SSSR count). The first-order valence-electron chi connectivity index (χ1n) is 4.13. The lowest BCUT2D eigenvalue weighted by atomic mass is 10.1. The van der Waals surface area contributed by atoms with E-state index in [0.717, 1.165) is 6.07 Å². The Morgan fingerprint density at radius 2 is 2.07 bits per heavy atom. The molecule has 0 unspecified atom stereocenters. The number of aromatic nitrogens is 2. The van der Waals surface area contributed by atoms with E-state index in [0.29, 0.717) is 11.3 Å². The number of phenols is 1. The van der Waals surface area contributed by atoms with Gasteiger partial charge in [0.15, 0.2) is 0 Å². The maximum Gasteiger partial charge on any atom is 0.222 e. The average molecular weight is 225 g/mol. The first-order valence-corrected chi connectivity index (χ1v) is 4.51. The van der Waals surface area contributed by atoms with E-state index in [-0.39, 0.29) is 11.0 Å². The van der Waals surface area contributed by atoms with E-state index in [4.69, 9.17) is 11.6 Å². The van der Waals surface area contributed by atoms with Crippen molar-refractivity contribution < 1.29 is 9.50 Å². The summed E-state index contributed by atoms with van der Waals surface area (Å²) in [5.41, 5.74) is 0.918. The number of benzene rings is 1. The normalized spacial score (nSPS) is 10.3. The van der Waals surface area contributed by atoms with Gasteiger partial charge in [0.1, 0.15) is 11.6 Å². The number of nitrogens with zero attached hydrogens (tertiary/aromatic N) is 2. The molecule has 0 fully saturated rings. The predicted molar refractivity (Wildman–Crippen MR) is 54.1 cm³/mol. The minimum Gasteiger partial charge on any atom is -0.508 e. The highest BCUT2D eigenvalue weighted by atomic mass is 35.5. The van der Waals surface area contributed by atoms with Gasteiger partial charge in [-0.25, -0.2) is 14.4 Å². The Labute approximate surface area is 90.2 Å². The molecule has 1 aromatic heterocycles. The molecular formula is C10H6ClFN2O. The molecule has 2 aromatic rings. The second-order valence-electron chi connectivity index (χ2n) is 2.91. The van der Waals surface area contributed by atoms with Crippen LogP contribution in [0.2, 0.25) is 5.28 Å². The molecule has 0 spiro atoms. The fraction of sp³-hybridized carbons (Fsp3) is 0. The van der Waals surface area contributed by atoms with Gasteiger partial charge in [-0.2, -0.15) is 0 Å². The van der Waals surface area contributed by atoms with Gasteiger partial charge < -0.3 is 5.11 Å². The molecule has 5 heteroatoms. The third-order valence-corrected chi connectivity index (χ3v) is 1.99. The van der Waals surface area contributed by atoms with Gasteiger partial charge in [-0.3, -0.25) is 0 Å². The molecular weight excluding hydrogens is 219 g/mol. The summed E-state index contributed by atoms with van der Waals surface area (Å²) in [4.78, 5) is 7.61. The maximum absolute atomic E-state index is 13.0. The van der Waals surface area contributed by atoms with Crippen LogP contribution in [0.3, 0.4) is 0 Å². The van der Waals surface area contributed by atoms with Crippen LogP contribution in [0.15, 0.2) is 30.5 Å². The molecule has 0 saturated heterocycles. The highest BCUT2D eigenvalue weighted by Gasteiger charge is 2.04. The van der Waals surface area contributed by atoms with Crippen LogP contribution in [0.25, 0.3) is 11.3 Å². The predicted octanol–water partition coefficient (Wildman–Crippen LogP) is 2.64. The lowest BCUT2D eigenvalue weighted by molar-refractivity contribution is 0.469. The summed E-state index contributed by atoms with van der Waals surface area (Å²) in [7, 11) is 0. The van der Waals surface area contributed by atoms with E-state index in [1.807, 2.05) is 0 Å². The van der Waals surface area contributed by atoms with Crippen molar-refractivity contribution in [2.75, 3.05) is 0 Å². The standard InChI is InChI=1S/C10H6ClFN2O/c11-10-13-2-1-9(14-10)6-3-7(12)5-8(15)4-6/h1-5,15H. The van der Waals surface area contributed by atoms with Crippen LogP contribution >= 0.6 is 11.6 Å². The highest BCUT2D eigenvalue weighted by molar-refractivity contribution is 6.28. The van der Waals surface area contributed by atoms with Crippen molar-refractivity contribution in [2.24, 2.45) is 0 Å². The summed E-state index contributed by atoms with van der Waals surface area (Å²) in [5, 5.41) is 9.29. The van der Waals surface area contributed by atoms with Crippen LogP contribution in [0.5, 0.6) is 5.75 Å². The summed E-state index contributed by atoms with van der Waals surface area (Å²) in [6.45, 7) is 0. The van der Waals surface area contributed by atoms with Crippen LogP contribution < -0.4 is 0 Å². The molecule has 1 heterocycles. The van der Waals surface area contributed by atoms with Crippen LogP contribution in [0, 0.1) is 5.82 Å². The van der Waals surface area contributed by atoms with Crippen molar-refractivity contribution >= 4 is 11.6 Å². The zero-order valence-corrected chi connectivity index (χ0v) is 8.24. The lowest BCUT2D eigenvalue weighted by Crippen LogP contribution is -1.87. The monoisotopic (exact) mass is 224 g/mol. The van der Waals surface area contributed by atoms with E-state index in [1.54, 1.807) is 6.07 Å². The Kier molecular flexibility index (Phi) is 2.51. The van der Waals surface area contributed by atoms with Crippen molar-refractivity contribution in [3.8, 4) is 17.0 Å². The third-order valence-electron chi connectivity index (χ3n) is 1.80. The third kappa shape index (κ3) is 2.22. The van der Waals surface area contributed by atoms with Gasteiger partial charge in [0.25, 0.3) is 0 Å². The SMILES string of the molecule is Oc1cc(F)cc(-c2ccnc(Cl)n2)c1. The number of hydrogen-bond donors (Lipinski definition) is 1. The number of hydrogen-bond acceptors (Lipinski definition) is 3. The van der Waals surface area contributed by atoms with Gasteiger partial charge in [-0.15, -0.1) is 0 Å². The second-order valence-corrected chi connectivity index (χ2v) is 3.25. The molecule has 0 radical (unpaired) electrons. The minimum absolute atomic E-state index is 0.0799. The second kappa shape index (κ2) is 3.82. The van der Waals surface area contributed by atoms with Crippen molar-refractivity contribution in [2.45, 2.75) is 0 Å². The van der Waals surface area contributed by atoms with E-state index in [1.165, 1.54) is 18.3 Å². The maximum atomic E-state index is 13.0. The topological polar surface area (TPSA) is 46.0 Å². The van der Waals surface area contributed by atoms with E-state index < -0.39 is 5.82 Å². The smallest absolute Gasteiger partial charge is 0.222 e.